The predicted molar refractivity (Wildman–Crippen MR) is 80.2 cm³/mol. The van der Waals surface area contributed by atoms with E-state index in [0.29, 0.717) is 40.7 Å². The molecule has 1 aliphatic carbocycles. The Morgan fingerprint density at radius 3 is 2.68 bits per heavy atom. The van der Waals surface area contributed by atoms with Crippen LogP contribution in [-0.2, 0) is 6.54 Å². The molecule has 1 aliphatic rings. The fourth-order valence-electron chi connectivity index (χ4n) is 3.10. The zero-order valence-electron chi connectivity index (χ0n) is 11.8. The molecule has 1 fully saturated rings. The molecule has 0 aliphatic heterocycles. The second kappa shape index (κ2) is 5.44. The van der Waals surface area contributed by atoms with Crippen LogP contribution in [-0.4, -0.2) is 15.6 Å². The van der Waals surface area contributed by atoms with E-state index in [1.54, 1.807) is 16.8 Å². The second-order valence-electron chi connectivity index (χ2n) is 5.94. The molecule has 1 saturated carbocycles. The van der Waals surface area contributed by atoms with Crippen LogP contribution in [0.3, 0.4) is 0 Å². The quantitative estimate of drug-likeness (QED) is 0.870. The SMILES string of the molecule is N#Cc1cc(Cl)c2c(O)n(CC3CCC(F)(F)CC3)cc2c1. The zero-order chi connectivity index (χ0) is 15.9. The molecular formula is C16H15ClF2N2O. The van der Waals surface area contributed by atoms with Crippen molar-refractivity contribution in [2.24, 2.45) is 5.92 Å². The molecule has 1 heterocycles. The first kappa shape index (κ1) is 15.1. The molecular weight excluding hydrogens is 310 g/mol. The number of aromatic nitrogens is 1. The molecule has 0 unspecified atom stereocenters. The summed E-state index contributed by atoms with van der Waals surface area (Å²) in [6.07, 6.45) is 2.41. The van der Waals surface area contributed by atoms with Crippen molar-refractivity contribution in [3.8, 4) is 11.9 Å². The van der Waals surface area contributed by atoms with Crippen molar-refractivity contribution in [3.63, 3.8) is 0 Å². The highest BCUT2D eigenvalue weighted by Crippen LogP contribution is 2.39. The molecule has 0 saturated heterocycles. The van der Waals surface area contributed by atoms with Crippen molar-refractivity contribution in [2.45, 2.75) is 38.2 Å². The van der Waals surface area contributed by atoms with E-state index in [9.17, 15) is 13.9 Å². The summed E-state index contributed by atoms with van der Waals surface area (Å²) in [5.74, 6) is -2.41. The third kappa shape index (κ3) is 2.76. The fourth-order valence-corrected chi connectivity index (χ4v) is 3.41. The highest BCUT2D eigenvalue weighted by Gasteiger charge is 2.35. The number of alkyl halides is 2. The standard InChI is InChI=1S/C16H15ClF2N2O/c17-13-6-11(7-20)5-12-9-21(15(22)14(12)13)8-10-1-3-16(18,19)4-2-10/h5-6,9-10,22H,1-4,8H2. The summed E-state index contributed by atoms with van der Waals surface area (Å²) in [4.78, 5) is 0. The smallest absolute Gasteiger partial charge is 0.248 e. The Hall–Kier alpha value is -1.80. The molecule has 1 N–H and O–H groups in total. The predicted octanol–water partition coefficient (Wildman–Crippen LogP) is 4.70. The van der Waals surface area contributed by atoms with Crippen molar-refractivity contribution in [1.82, 2.24) is 4.57 Å². The second-order valence-corrected chi connectivity index (χ2v) is 6.35. The van der Waals surface area contributed by atoms with Gasteiger partial charge in [-0.25, -0.2) is 8.78 Å². The van der Waals surface area contributed by atoms with Crippen LogP contribution >= 0.6 is 11.6 Å². The van der Waals surface area contributed by atoms with Crippen LogP contribution < -0.4 is 0 Å². The lowest BCUT2D eigenvalue weighted by atomic mass is 9.87. The number of hydrogen-bond acceptors (Lipinski definition) is 2. The van der Waals surface area contributed by atoms with Crippen molar-refractivity contribution in [2.75, 3.05) is 0 Å². The topological polar surface area (TPSA) is 48.9 Å². The maximum Gasteiger partial charge on any atom is 0.248 e. The highest BCUT2D eigenvalue weighted by atomic mass is 35.5. The van der Waals surface area contributed by atoms with Crippen molar-refractivity contribution in [3.05, 3.63) is 28.9 Å². The minimum absolute atomic E-state index is 0.0295. The number of aromatic hydroxyl groups is 1. The number of rotatable bonds is 2. The normalized spacial score (nSPS) is 18.5. The Kier molecular flexibility index (Phi) is 3.73. The molecule has 116 valence electrons. The lowest BCUT2D eigenvalue weighted by Crippen LogP contribution is -2.26. The third-order valence-corrected chi connectivity index (χ3v) is 4.63. The molecule has 3 nitrogen and oxygen atoms in total. The van der Waals surface area contributed by atoms with Gasteiger partial charge in [0.25, 0.3) is 0 Å². The van der Waals surface area contributed by atoms with Gasteiger partial charge in [0.2, 0.25) is 11.8 Å². The summed E-state index contributed by atoms with van der Waals surface area (Å²) in [5.41, 5.74) is 0.423. The van der Waals surface area contributed by atoms with Crippen molar-refractivity contribution < 1.29 is 13.9 Å². The summed E-state index contributed by atoms with van der Waals surface area (Å²) in [5, 5.41) is 20.8. The number of nitriles is 1. The Balaban J connectivity index is 1.88. The fraction of sp³-hybridized carbons (Fsp3) is 0.438. The summed E-state index contributed by atoms with van der Waals surface area (Å²) in [6, 6.07) is 5.19. The van der Waals surface area contributed by atoms with Crippen LogP contribution in [0.4, 0.5) is 8.78 Å². The number of nitrogens with zero attached hydrogens (tertiary/aromatic N) is 2. The Morgan fingerprint density at radius 1 is 1.36 bits per heavy atom. The van der Waals surface area contributed by atoms with E-state index in [1.807, 2.05) is 6.07 Å². The average molecular weight is 325 g/mol. The van der Waals surface area contributed by atoms with Gasteiger partial charge in [-0.1, -0.05) is 11.6 Å². The van der Waals surface area contributed by atoms with E-state index in [1.165, 1.54) is 6.07 Å². The van der Waals surface area contributed by atoms with Gasteiger partial charge in [0.15, 0.2) is 0 Å². The van der Waals surface area contributed by atoms with E-state index >= 15 is 0 Å². The first-order chi connectivity index (χ1) is 10.4. The van der Waals surface area contributed by atoms with Gasteiger partial charge in [-0.2, -0.15) is 5.26 Å². The van der Waals surface area contributed by atoms with Gasteiger partial charge in [-0.05, 0) is 30.9 Å². The van der Waals surface area contributed by atoms with E-state index in [0.717, 1.165) is 0 Å². The number of benzene rings is 1. The summed E-state index contributed by atoms with van der Waals surface area (Å²) in [7, 11) is 0. The molecule has 1 aromatic carbocycles. The Morgan fingerprint density at radius 2 is 2.05 bits per heavy atom. The molecule has 22 heavy (non-hydrogen) atoms. The summed E-state index contributed by atoms with van der Waals surface area (Å²) < 4.78 is 28.0. The number of hydrogen-bond donors (Lipinski definition) is 1. The molecule has 2 aromatic rings. The van der Waals surface area contributed by atoms with Crippen LogP contribution in [0.5, 0.6) is 5.88 Å². The van der Waals surface area contributed by atoms with E-state index in [4.69, 9.17) is 16.9 Å². The summed E-state index contributed by atoms with van der Waals surface area (Å²) >= 11 is 6.12. The van der Waals surface area contributed by atoms with E-state index < -0.39 is 5.92 Å². The molecule has 3 rings (SSSR count). The third-order valence-electron chi connectivity index (χ3n) is 4.33. The van der Waals surface area contributed by atoms with Crippen LogP contribution in [0.15, 0.2) is 18.3 Å². The maximum absolute atomic E-state index is 13.2. The largest absolute Gasteiger partial charge is 0.494 e. The monoisotopic (exact) mass is 324 g/mol. The number of halogens is 3. The minimum Gasteiger partial charge on any atom is -0.494 e. The Labute approximate surface area is 131 Å². The maximum atomic E-state index is 13.2. The van der Waals surface area contributed by atoms with Crippen molar-refractivity contribution in [1.29, 1.82) is 5.26 Å². The van der Waals surface area contributed by atoms with Crippen LogP contribution in [0.25, 0.3) is 10.8 Å². The molecule has 0 bridgehead atoms. The molecule has 0 amide bonds. The van der Waals surface area contributed by atoms with Crippen LogP contribution in [0, 0.1) is 17.2 Å². The van der Waals surface area contributed by atoms with Gasteiger partial charge < -0.3 is 9.67 Å². The van der Waals surface area contributed by atoms with Crippen LogP contribution in [0.2, 0.25) is 5.02 Å². The Bertz CT molecular complexity index is 754. The molecule has 0 atom stereocenters. The van der Waals surface area contributed by atoms with Crippen molar-refractivity contribution >= 4 is 22.4 Å². The van der Waals surface area contributed by atoms with Gasteiger partial charge in [-0.15, -0.1) is 0 Å². The van der Waals surface area contributed by atoms with Crippen LogP contribution in [0.1, 0.15) is 31.2 Å². The molecule has 0 spiro atoms. The average Bonchev–Trinajstić information content (AvgIpc) is 2.78. The minimum atomic E-state index is -2.55. The lowest BCUT2D eigenvalue weighted by molar-refractivity contribution is -0.0474. The zero-order valence-corrected chi connectivity index (χ0v) is 12.6. The van der Waals surface area contributed by atoms with Gasteiger partial charge in [0, 0.05) is 31.0 Å². The first-order valence-corrected chi connectivity index (χ1v) is 7.57. The van der Waals surface area contributed by atoms with Gasteiger partial charge in [0.05, 0.1) is 22.0 Å². The van der Waals surface area contributed by atoms with E-state index in [2.05, 4.69) is 0 Å². The summed E-state index contributed by atoms with van der Waals surface area (Å²) in [6.45, 7) is 0.481. The van der Waals surface area contributed by atoms with Gasteiger partial charge in [-0.3, -0.25) is 0 Å². The molecule has 0 radical (unpaired) electrons. The lowest BCUT2D eigenvalue weighted by Gasteiger charge is -2.28. The molecule has 1 aromatic heterocycles. The highest BCUT2D eigenvalue weighted by molar-refractivity contribution is 6.36. The number of fused-ring (bicyclic) bond motifs is 1. The first-order valence-electron chi connectivity index (χ1n) is 7.19. The van der Waals surface area contributed by atoms with E-state index in [-0.39, 0.29) is 24.6 Å². The van der Waals surface area contributed by atoms with Gasteiger partial charge in [0.1, 0.15) is 0 Å². The van der Waals surface area contributed by atoms with Gasteiger partial charge >= 0.3 is 0 Å². The molecule has 6 heteroatoms.